The minimum absolute atomic E-state index is 0.171. The molecule has 3 aliphatic rings. The normalized spacial score (nSPS) is 40.3. The lowest BCUT2D eigenvalue weighted by Crippen LogP contribution is -2.74. The molecular weight excluding hydrogens is 251 g/mol. The number of aliphatic hydroxyl groups excluding tert-OH is 1. The number of carbonyl (C=O) groups is 1. The van der Waals surface area contributed by atoms with Crippen molar-refractivity contribution in [3.05, 3.63) is 0 Å². The Kier molecular flexibility index (Phi) is 3.42. The maximum absolute atomic E-state index is 13.0. The number of carbonyl (C=O) groups excluding carboxylic acids is 1. The van der Waals surface area contributed by atoms with Gasteiger partial charge in [-0.1, -0.05) is 0 Å². The lowest BCUT2D eigenvalue weighted by Gasteiger charge is -2.55. The summed E-state index contributed by atoms with van der Waals surface area (Å²) in [5, 5.41) is 9.44. The zero-order valence-corrected chi connectivity index (χ0v) is 10.0. The number of halogens is 3. The third kappa shape index (κ3) is 1.85. The second-order valence-corrected chi connectivity index (χ2v) is 4.96. The molecule has 3 aliphatic heterocycles. The number of aliphatic hydroxyl groups is 1. The van der Waals surface area contributed by atoms with Crippen molar-refractivity contribution in [2.75, 3.05) is 26.9 Å². The molecular formula is C11H16F3NO3. The van der Waals surface area contributed by atoms with Crippen molar-refractivity contribution >= 4 is 5.78 Å². The number of rotatable bonds is 3. The Labute approximate surface area is 103 Å². The van der Waals surface area contributed by atoms with Crippen LogP contribution < -0.4 is 0 Å². The number of Topliss-reactive ketones (excluding diaryl/α,β-unsaturated/α-hetero) is 1. The Morgan fingerprint density at radius 3 is 2.72 bits per heavy atom. The van der Waals surface area contributed by atoms with Gasteiger partial charge in [-0.05, 0) is 12.8 Å². The lowest BCUT2D eigenvalue weighted by molar-refractivity contribution is -0.234. The van der Waals surface area contributed by atoms with E-state index in [-0.39, 0.29) is 25.4 Å². The molecule has 2 bridgehead atoms. The summed E-state index contributed by atoms with van der Waals surface area (Å²) in [5.74, 6) is -0.942. The van der Waals surface area contributed by atoms with E-state index in [0.717, 1.165) is 4.90 Å². The molecule has 0 aromatic heterocycles. The molecule has 3 rings (SSSR count). The number of ether oxygens (including phenoxy) is 1. The third-order valence-electron chi connectivity index (χ3n) is 4.00. The molecule has 0 aliphatic carbocycles. The maximum Gasteiger partial charge on any atom is 0.404 e. The zero-order valence-electron chi connectivity index (χ0n) is 10.0. The highest BCUT2D eigenvalue weighted by Gasteiger charge is 2.62. The monoisotopic (exact) mass is 267 g/mol. The molecule has 0 saturated carbocycles. The van der Waals surface area contributed by atoms with Crippen LogP contribution in [-0.4, -0.2) is 60.4 Å². The van der Waals surface area contributed by atoms with E-state index < -0.39 is 30.3 Å². The van der Waals surface area contributed by atoms with E-state index in [1.165, 1.54) is 7.11 Å². The highest BCUT2D eigenvalue weighted by Crippen LogP contribution is 2.45. The van der Waals surface area contributed by atoms with E-state index in [1.807, 2.05) is 0 Å². The maximum atomic E-state index is 13.0. The van der Waals surface area contributed by atoms with Crippen molar-refractivity contribution in [1.82, 2.24) is 4.90 Å². The summed E-state index contributed by atoms with van der Waals surface area (Å²) in [4.78, 5) is 13.2. The van der Waals surface area contributed by atoms with E-state index in [1.54, 1.807) is 0 Å². The van der Waals surface area contributed by atoms with E-state index in [0.29, 0.717) is 6.42 Å². The van der Waals surface area contributed by atoms with Gasteiger partial charge >= 0.3 is 6.18 Å². The van der Waals surface area contributed by atoms with Gasteiger partial charge < -0.3 is 9.84 Å². The molecule has 3 fully saturated rings. The molecule has 7 heteroatoms. The number of nitrogens with zero attached hydrogens (tertiary/aromatic N) is 1. The van der Waals surface area contributed by atoms with Gasteiger partial charge in [0.05, 0.1) is 13.2 Å². The van der Waals surface area contributed by atoms with Crippen molar-refractivity contribution in [3.8, 4) is 0 Å². The van der Waals surface area contributed by atoms with Crippen LogP contribution in [0.15, 0.2) is 0 Å². The van der Waals surface area contributed by atoms with Crippen LogP contribution in [0.25, 0.3) is 0 Å². The minimum Gasteiger partial charge on any atom is -0.394 e. The summed E-state index contributed by atoms with van der Waals surface area (Å²) in [7, 11) is 1.32. The molecule has 0 radical (unpaired) electrons. The van der Waals surface area contributed by atoms with E-state index in [9.17, 15) is 23.1 Å². The van der Waals surface area contributed by atoms with Gasteiger partial charge in [-0.3, -0.25) is 9.69 Å². The van der Waals surface area contributed by atoms with Crippen molar-refractivity contribution in [2.24, 2.45) is 5.92 Å². The van der Waals surface area contributed by atoms with Crippen LogP contribution in [-0.2, 0) is 9.53 Å². The van der Waals surface area contributed by atoms with Crippen LogP contribution in [0, 0.1) is 5.92 Å². The molecule has 18 heavy (non-hydrogen) atoms. The summed E-state index contributed by atoms with van der Waals surface area (Å²) >= 11 is 0. The van der Waals surface area contributed by atoms with Gasteiger partial charge in [0.2, 0.25) is 0 Å². The Balaban J connectivity index is 2.37. The van der Waals surface area contributed by atoms with Crippen molar-refractivity contribution in [2.45, 2.75) is 30.6 Å². The Bertz CT molecular complexity index is 347. The molecule has 1 unspecified atom stereocenters. The SMILES string of the molecule is COC[C@]1(CO)C(=O)[C@H]2CCN1[C@H](C(F)(F)F)C2. The number of piperidine rings is 3. The van der Waals surface area contributed by atoms with Crippen LogP contribution in [0.4, 0.5) is 13.2 Å². The van der Waals surface area contributed by atoms with Gasteiger partial charge in [-0.25, -0.2) is 0 Å². The summed E-state index contributed by atoms with van der Waals surface area (Å²) < 4.78 is 43.8. The van der Waals surface area contributed by atoms with Crippen LogP contribution in [0.1, 0.15) is 12.8 Å². The largest absolute Gasteiger partial charge is 0.404 e. The average Bonchev–Trinajstić information content (AvgIpc) is 2.32. The van der Waals surface area contributed by atoms with Crippen LogP contribution >= 0.6 is 0 Å². The molecule has 104 valence electrons. The van der Waals surface area contributed by atoms with Gasteiger partial charge in [-0.15, -0.1) is 0 Å². The fraction of sp³-hybridized carbons (Fsp3) is 0.909. The van der Waals surface area contributed by atoms with E-state index >= 15 is 0 Å². The molecule has 3 saturated heterocycles. The minimum atomic E-state index is -4.38. The second kappa shape index (κ2) is 4.47. The molecule has 1 N–H and O–H groups in total. The highest BCUT2D eigenvalue weighted by atomic mass is 19.4. The molecule has 3 heterocycles. The summed E-state index contributed by atoms with van der Waals surface area (Å²) in [6, 6.07) is -1.66. The molecule has 0 amide bonds. The number of hydrogen-bond acceptors (Lipinski definition) is 4. The average molecular weight is 267 g/mol. The number of ketones is 1. The van der Waals surface area contributed by atoms with Crippen molar-refractivity contribution in [1.29, 1.82) is 0 Å². The fourth-order valence-electron chi connectivity index (χ4n) is 3.15. The van der Waals surface area contributed by atoms with Crippen LogP contribution in [0.3, 0.4) is 0 Å². The first-order valence-electron chi connectivity index (χ1n) is 5.84. The Hall–Kier alpha value is -0.660. The smallest absolute Gasteiger partial charge is 0.394 e. The predicted molar refractivity (Wildman–Crippen MR) is 56.0 cm³/mol. The van der Waals surface area contributed by atoms with Crippen LogP contribution in [0.2, 0.25) is 0 Å². The second-order valence-electron chi connectivity index (χ2n) is 4.96. The topological polar surface area (TPSA) is 49.8 Å². The molecule has 0 spiro atoms. The van der Waals surface area contributed by atoms with Gasteiger partial charge in [0.1, 0.15) is 11.6 Å². The molecule has 4 nitrogen and oxygen atoms in total. The third-order valence-corrected chi connectivity index (χ3v) is 4.00. The van der Waals surface area contributed by atoms with Crippen molar-refractivity contribution in [3.63, 3.8) is 0 Å². The fourth-order valence-corrected chi connectivity index (χ4v) is 3.15. The molecule has 0 aromatic carbocycles. The predicted octanol–water partition coefficient (Wildman–Crippen LogP) is 0.590. The van der Waals surface area contributed by atoms with Gasteiger partial charge in [0, 0.05) is 19.6 Å². The van der Waals surface area contributed by atoms with E-state index in [4.69, 9.17) is 4.74 Å². The molecule has 0 aromatic rings. The van der Waals surface area contributed by atoms with Gasteiger partial charge in [-0.2, -0.15) is 13.2 Å². The lowest BCUT2D eigenvalue weighted by atomic mass is 9.70. The zero-order chi connectivity index (χ0) is 13.6. The van der Waals surface area contributed by atoms with Crippen LogP contribution in [0.5, 0.6) is 0 Å². The first kappa shape index (κ1) is 13.8. The van der Waals surface area contributed by atoms with Gasteiger partial charge in [0.15, 0.2) is 5.78 Å². The van der Waals surface area contributed by atoms with Gasteiger partial charge in [0.25, 0.3) is 0 Å². The highest BCUT2D eigenvalue weighted by molar-refractivity contribution is 5.92. The number of fused-ring (bicyclic) bond motifs is 3. The summed E-state index contributed by atoms with van der Waals surface area (Å²) in [6.07, 6.45) is -4.15. The number of alkyl halides is 3. The first-order chi connectivity index (χ1) is 8.36. The Morgan fingerprint density at radius 1 is 1.56 bits per heavy atom. The first-order valence-corrected chi connectivity index (χ1v) is 5.84. The van der Waals surface area contributed by atoms with E-state index in [2.05, 4.69) is 0 Å². The number of methoxy groups -OCH3 is 1. The quantitative estimate of drug-likeness (QED) is 0.813. The Morgan fingerprint density at radius 2 is 2.22 bits per heavy atom. The molecule has 4 atom stereocenters. The number of hydrogen-bond donors (Lipinski definition) is 1. The standard InChI is InChI=1S/C11H16F3NO3/c1-18-6-10(5-16)9(17)7-2-3-15(10)8(4-7)11(12,13)14/h7-8,16H,2-6H2,1H3/t7-,8-,10+/m0/s1. The summed E-state index contributed by atoms with van der Waals surface area (Å²) in [5.41, 5.74) is -1.52. The summed E-state index contributed by atoms with van der Waals surface area (Å²) in [6.45, 7) is -0.668. The van der Waals surface area contributed by atoms with Crippen molar-refractivity contribution < 1.29 is 27.8 Å².